The second kappa shape index (κ2) is 6.26. The minimum atomic E-state index is 0.349. The smallest absolute Gasteiger partial charge is 0.0593 e. The predicted molar refractivity (Wildman–Crippen MR) is 82.4 cm³/mol. The van der Waals surface area contributed by atoms with Gasteiger partial charge in [0.25, 0.3) is 0 Å². The zero-order chi connectivity index (χ0) is 13.0. The maximum atomic E-state index is 6.07. The fourth-order valence-electron chi connectivity index (χ4n) is 1.90. The topological polar surface area (TPSA) is 12.0 Å². The SMILES string of the molecule is CC(Cc1ccccc1)Nc1cccc(Cl)c1Br. The van der Waals surface area contributed by atoms with Crippen LogP contribution in [0, 0.1) is 0 Å². The third kappa shape index (κ3) is 3.50. The van der Waals surface area contributed by atoms with Gasteiger partial charge in [0.15, 0.2) is 0 Å². The minimum Gasteiger partial charge on any atom is -0.381 e. The summed E-state index contributed by atoms with van der Waals surface area (Å²) >= 11 is 9.57. The third-order valence-corrected chi connectivity index (χ3v) is 4.14. The Morgan fingerprint density at radius 3 is 2.56 bits per heavy atom. The van der Waals surface area contributed by atoms with Crippen LogP contribution in [-0.2, 0) is 6.42 Å². The molecule has 0 fully saturated rings. The van der Waals surface area contributed by atoms with Gasteiger partial charge in [-0.05, 0) is 47.0 Å². The standard InChI is InChI=1S/C15H15BrClN/c1-11(10-12-6-3-2-4-7-12)18-14-9-5-8-13(17)15(14)16/h2-9,11,18H,10H2,1H3. The average molecular weight is 325 g/mol. The molecule has 1 atom stereocenters. The first kappa shape index (κ1) is 13.4. The molecule has 0 aliphatic rings. The Morgan fingerprint density at radius 1 is 1.11 bits per heavy atom. The van der Waals surface area contributed by atoms with Crippen LogP contribution in [0.1, 0.15) is 12.5 Å². The molecule has 0 amide bonds. The minimum absolute atomic E-state index is 0.349. The van der Waals surface area contributed by atoms with Crippen LogP contribution in [0.15, 0.2) is 53.0 Å². The summed E-state index contributed by atoms with van der Waals surface area (Å²) in [7, 11) is 0. The van der Waals surface area contributed by atoms with Crippen LogP contribution in [0.2, 0.25) is 5.02 Å². The molecule has 0 saturated carbocycles. The summed E-state index contributed by atoms with van der Waals surface area (Å²) in [5, 5.41) is 4.20. The fourth-order valence-corrected chi connectivity index (χ4v) is 2.45. The van der Waals surface area contributed by atoms with Crippen molar-refractivity contribution >= 4 is 33.2 Å². The number of rotatable bonds is 4. The van der Waals surface area contributed by atoms with Crippen molar-refractivity contribution in [1.82, 2.24) is 0 Å². The van der Waals surface area contributed by atoms with E-state index in [1.54, 1.807) is 0 Å². The summed E-state index contributed by atoms with van der Waals surface area (Å²) in [5.41, 5.74) is 2.36. The van der Waals surface area contributed by atoms with Crippen LogP contribution in [-0.4, -0.2) is 6.04 Å². The largest absolute Gasteiger partial charge is 0.381 e. The van der Waals surface area contributed by atoms with Crippen LogP contribution in [0.4, 0.5) is 5.69 Å². The Labute approximate surface area is 121 Å². The molecule has 18 heavy (non-hydrogen) atoms. The van der Waals surface area contributed by atoms with E-state index in [4.69, 9.17) is 11.6 Å². The van der Waals surface area contributed by atoms with Crippen molar-refractivity contribution < 1.29 is 0 Å². The van der Waals surface area contributed by atoms with Crippen LogP contribution >= 0.6 is 27.5 Å². The van der Waals surface area contributed by atoms with Gasteiger partial charge in [-0.3, -0.25) is 0 Å². The number of benzene rings is 2. The molecule has 0 aromatic heterocycles. The molecule has 0 spiro atoms. The van der Waals surface area contributed by atoms with E-state index in [2.05, 4.69) is 52.4 Å². The van der Waals surface area contributed by atoms with Crippen molar-refractivity contribution in [2.45, 2.75) is 19.4 Å². The molecule has 3 heteroatoms. The molecule has 0 bridgehead atoms. The van der Waals surface area contributed by atoms with Crippen LogP contribution < -0.4 is 5.32 Å². The normalized spacial score (nSPS) is 12.2. The van der Waals surface area contributed by atoms with Gasteiger partial charge in [-0.15, -0.1) is 0 Å². The fraction of sp³-hybridized carbons (Fsp3) is 0.200. The van der Waals surface area contributed by atoms with Gasteiger partial charge in [0.2, 0.25) is 0 Å². The van der Waals surface area contributed by atoms with E-state index in [9.17, 15) is 0 Å². The van der Waals surface area contributed by atoms with Crippen molar-refractivity contribution in [2.75, 3.05) is 5.32 Å². The molecule has 94 valence electrons. The lowest BCUT2D eigenvalue weighted by Gasteiger charge is -2.17. The van der Waals surface area contributed by atoms with E-state index in [1.807, 2.05) is 24.3 Å². The second-order valence-corrected chi connectivity index (χ2v) is 5.54. The zero-order valence-corrected chi connectivity index (χ0v) is 12.5. The Hall–Kier alpha value is -0.990. The number of anilines is 1. The van der Waals surface area contributed by atoms with E-state index < -0.39 is 0 Å². The molecule has 2 rings (SSSR count). The van der Waals surface area contributed by atoms with Gasteiger partial charge in [0.1, 0.15) is 0 Å². The molecule has 0 radical (unpaired) electrons. The second-order valence-electron chi connectivity index (χ2n) is 4.34. The van der Waals surface area contributed by atoms with E-state index in [1.165, 1.54) is 5.56 Å². The summed E-state index contributed by atoms with van der Waals surface area (Å²) in [6.07, 6.45) is 0.986. The summed E-state index contributed by atoms with van der Waals surface area (Å²) in [6, 6.07) is 16.7. The number of hydrogen-bond acceptors (Lipinski definition) is 1. The highest BCUT2D eigenvalue weighted by molar-refractivity contribution is 9.10. The number of halogens is 2. The van der Waals surface area contributed by atoms with Gasteiger partial charge in [-0.1, -0.05) is 48.0 Å². The van der Waals surface area contributed by atoms with Gasteiger partial charge < -0.3 is 5.32 Å². The maximum absolute atomic E-state index is 6.07. The van der Waals surface area contributed by atoms with Crippen LogP contribution in [0.3, 0.4) is 0 Å². The first-order valence-electron chi connectivity index (χ1n) is 5.91. The van der Waals surface area contributed by atoms with Crippen LogP contribution in [0.5, 0.6) is 0 Å². The highest BCUT2D eigenvalue weighted by Gasteiger charge is 2.07. The van der Waals surface area contributed by atoms with Crippen molar-refractivity contribution in [1.29, 1.82) is 0 Å². The molecule has 2 aromatic rings. The summed E-state index contributed by atoms with van der Waals surface area (Å²) in [6.45, 7) is 2.17. The molecule has 0 aliphatic heterocycles. The van der Waals surface area contributed by atoms with E-state index in [0.717, 1.165) is 21.6 Å². The molecular weight excluding hydrogens is 310 g/mol. The molecule has 0 saturated heterocycles. The van der Waals surface area contributed by atoms with Crippen molar-refractivity contribution in [3.8, 4) is 0 Å². The first-order valence-corrected chi connectivity index (χ1v) is 7.08. The molecule has 2 aromatic carbocycles. The lowest BCUT2D eigenvalue weighted by Crippen LogP contribution is -2.18. The molecule has 1 nitrogen and oxygen atoms in total. The zero-order valence-electron chi connectivity index (χ0n) is 10.2. The summed E-state index contributed by atoms with van der Waals surface area (Å²) in [5.74, 6) is 0. The number of hydrogen-bond donors (Lipinski definition) is 1. The van der Waals surface area contributed by atoms with Gasteiger partial charge in [0, 0.05) is 6.04 Å². The maximum Gasteiger partial charge on any atom is 0.0593 e. The molecule has 1 N–H and O–H groups in total. The molecule has 0 aliphatic carbocycles. The third-order valence-electron chi connectivity index (χ3n) is 2.74. The summed E-state index contributed by atoms with van der Waals surface area (Å²) in [4.78, 5) is 0. The van der Waals surface area contributed by atoms with Crippen molar-refractivity contribution in [3.63, 3.8) is 0 Å². The highest BCUT2D eigenvalue weighted by Crippen LogP contribution is 2.30. The average Bonchev–Trinajstić information content (AvgIpc) is 2.36. The quantitative estimate of drug-likeness (QED) is 0.820. The molecule has 0 heterocycles. The first-order chi connectivity index (χ1) is 8.66. The van der Waals surface area contributed by atoms with Gasteiger partial charge in [-0.25, -0.2) is 0 Å². The molecule has 1 unspecified atom stereocenters. The van der Waals surface area contributed by atoms with Crippen LogP contribution in [0.25, 0.3) is 0 Å². The Balaban J connectivity index is 2.03. The predicted octanol–water partition coefficient (Wildman–Crippen LogP) is 5.15. The van der Waals surface area contributed by atoms with Gasteiger partial charge in [0.05, 0.1) is 15.2 Å². The van der Waals surface area contributed by atoms with E-state index in [-0.39, 0.29) is 0 Å². The lowest BCUT2D eigenvalue weighted by atomic mass is 10.1. The van der Waals surface area contributed by atoms with Gasteiger partial charge in [-0.2, -0.15) is 0 Å². The Morgan fingerprint density at radius 2 is 1.83 bits per heavy atom. The highest BCUT2D eigenvalue weighted by atomic mass is 79.9. The number of nitrogens with one attached hydrogen (secondary N) is 1. The van der Waals surface area contributed by atoms with Crippen molar-refractivity contribution in [3.05, 3.63) is 63.6 Å². The molecular formula is C15H15BrClN. The Kier molecular flexibility index (Phi) is 4.67. The van der Waals surface area contributed by atoms with Gasteiger partial charge >= 0.3 is 0 Å². The summed E-state index contributed by atoms with van der Waals surface area (Å²) < 4.78 is 0.923. The lowest BCUT2D eigenvalue weighted by molar-refractivity contribution is 0.790. The van der Waals surface area contributed by atoms with E-state index in [0.29, 0.717) is 6.04 Å². The van der Waals surface area contributed by atoms with Crippen molar-refractivity contribution in [2.24, 2.45) is 0 Å². The monoisotopic (exact) mass is 323 g/mol. The van der Waals surface area contributed by atoms with E-state index >= 15 is 0 Å². The Bertz CT molecular complexity index is 513.